The number of ketones is 1. The molecule has 1 spiro atoms. The highest BCUT2D eigenvalue weighted by molar-refractivity contribution is 5.87. The van der Waals surface area contributed by atoms with Crippen molar-refractivity contribution in [3.05, 3.63) is 93.3 Å². The van der Waals surface area contributed by atoms with Gasteiger partial charge >= 0.3 is 0 Å². The van der Waals surface area contributed by atoms with Crippen LogP contribution in [0.3, 0.4) is 0 Å². The van der Waals surface area contributed by atoms with Crippen LogP contribution in [0.1, 0.15) is 125 Å². The second kappa shape index (κ2) is 17.3. The maximum absolute atomic E-state index is 14.0. The Balaban J connectivity index is 1.05. The summed E-state index contributed by atoms with van der Waals surface area (Å²) in [6, 6.07) is 9.88. The Bertz CT molecular complexity index is 2290. The van der Waals surface area contributed by atoms with Crippen molar-refractivity contribution in [3.63, 3.8) is 0 Å². The van der Waals surface area contributed by atoms with Gasteiger partial charge in [-0.3, -0.25) is 19.7 Å². The van der Waals surface area contributed by atoms with E-state index in [2.05, 4.69) is 61.1 Å². The Morgan fingerprint density at radius 1 is 1.07 bits per heavy atom. The van der Waals surface area contributed by atoms with Gasteiger partial charge in [-0.2, -0.15) is 0 Å². The smallest absolute Gasteiger partial charge is 0.252 e. The van der Waals surface area contributed by atoms with E-state index >= 15 is 0 Å². The molecule has 0 aromatic heterocycles. The number of Topliss-reactive ketones (excluding diaryl/α,β-unsaturated/α-hetero) is 1. The molecule has 1 fully saturated rings. The lowest BCUT2D eigenvalue weighted by atomic mass is 9.73. The van der Waals surface area contributed by atoms with Crippen LogP contribution in [0.4, 0.5) is 0 Å². The molecule has 9 heteroatoms. The summed E-state index contributed by atoms with van der Waals surface area (Å²) >= 11 is 0. The van der Waals surface area contributed by atoms with Crippen molar-refractivity contribution >= 4 is 18.2 Å². The Labute approximate surface area is 354 Å². The number of nitrogens with two attached hydrogens (primary N) is 1. The normalized spacial score (nSPS) is 28.9. The molecule has 312 valence electrons. The number of rotatable bonds is 10. The van der Waals surface area contributed by atoms with Crippen LogP contribution >= 0.6 is 0 Å². The van der Waals surface area contributed by atoms with Crippen molar-refractivity contribution in [2.45, 2.75) is 128 Å². The number of unbranched alkanes of at least 4 members (excludes halogenated alkanes) is 2. The van der Waals surface area contributed by atoms with Gasteiger partial charge in [0.15, 0.2) is 11.5 Å². The van der Waals surface area contributed by atoms with Crippen molar-refractivity contribution < 1.29 is 29.4 Å². The lowest BCUT2D eigenvalue weighted by Gasteiger charge is -2.36. The van der Waals surface area contributed by atoms with E-state index in [-0.39, 0.29) is 23.5 Å². The van der Waals surface area contributed by atoms with E-state index in [0.717, 1.165) is 102 Å². The second-order valence-corrected chi connectivity index (χ2v) is 18.2. The number of allylic oxidation sites excluding steroid dienone is 2. The minimum Gasteiger partial charge on any atom is -0.437 e. The van der Waals surface area contributed by atoms with Gasteiger partial charge in [-0.1, -0.05) is 94.1 Å². The standard InChI is InChI=1S/C51H58N4O5/c1-3-4-5-8-39(48(58)34-13-9-32(2)10-14-34)45(57)18-11-33-12-20-46-47(27-33)60-50-42(51(24-26-59-46)22-6-7-23-51)17-19-44(56)37-15-16-38-36(21-25-53-49(38)52)40(37)28-35-29-54-43-31-55(50)30-41(35)43/h9,12-13,15-16,20,25,27,29,31-32,34,39,42,44,48-50,56,58H,3-8,10-11,14,18,21-23,28,30,52H2,1-2H3/p+1/t32-,34+,39+,42-,44-,48+,49-,50+/m0/s1. The number of nitrogens with one attached hydrogen (secondary N) is 1. The number of aliphatic hydroxyl groups excluding tert-OH is 2. The summed E-state index contributed by atoms with van der Waals surface area (Å²) < 4.78 is 13.4. The van der Waals surface area contributed by atoms with Crippen molar-refractivity contribution in [1.82, 2.24) is 0 Å². The third-order valence-electron chi connectivity index (χ3n) is 14.3. The average molecular weight is 808 g/mol. The molecule has 5 N–H and O–H groups in total. The van der Waals surface area contributed by atoms with E-state index in [1.54, 1.807) is 0 Å². The van der Waals surface area contributed by atoms with Crippen LogP contribution in [0, 0.1) is 53.0 Å². The molecule has 9 rings (SSSR count). The first-order chi connectivity index (χ1) is 29.2. The highest BCUT2D eigenvalue weighted by atomic mass is 16.5. The van der Waals surface area contributed by atoms with Gasteiger partial charge in [-0.25, -0.2) is 0 Å². The third kappa shape index (κ3) is 7.94. The van der Waals surface area contributed by atoms with Crippen molar-refractivity contribution in [2.24, 2.45) is 44.8 Å². The number of nitrogens with zero attached hydrogens (tertiary/aromatic N) is 2. The number of quaternary nitrogens is 1. The van der Waals surface area contributed by atoms with E-state index < -0.39 is 30.0 Å². The predicted molar refractivity (Wildman–Crippen MR) is 233 cm³/mol. The summed E-state index contributed by atoms with van der Waals surface area (Å²) in [5.74, 6) is 11.5. The van der Waals surface area contributed by atoms with Gasteiger partial charge in [0.25, 0.3) is 6.23 Å². The van der Waals surface area contributed by atoms with Crippen molar-refractivity contribution in [2.75, 3.05) is 6.54 Å². The van der Waals surface area contributed by atoms with E-state index in [1.807, 2.05) is 42.8 Å². The lowest BCUT2D eigenvalue weighted by molar-refractivity contribution is -0.891. The summed E-state index contributed by atoms with van der Waals surface area (Å²) in [6.45, 7) is 5.04. The Morgan fingerprint density at radius 3 is 2.73 bits per heavy atom. The second-order valence-electron chi connectivity index (χ2n) is 18.2. The molecule has 2 bridgehead atoms. The van der Waals surface area contributed by atoms with Crippen LogP contribution in [0.15, 0.2) is 75.5 Å². The molecule has 2 aromatic rings. The maximum Gasteiger partial charge on any atom is 0.252 e. The number of hydrogen-bond acceptors (Lipinski definition) is 8. The summed E-state index contributed by atoms with van der Waals surface area (Å²) in [5.41, 5.74) is 14.1. The summed E-state index contributed by atoms with van der Waals surface area (Å²) in [4.78, 5) is 24.5. The van der Waals surface area contributed by atoms with Gasteiger partial charge in [0, 0.05) is 49.1 Å². The number of benzene rings is 2. The van der Waals surface area contributed by atoms with Crippen LogP contribution in [0.25, 0.3) is 0 Å². The van der Waals surface area contributed by atoms with Gasteiger partial charge in [-0.15, -0.1) is 0 Å². The van der Waals surface area contributed by atoms with E-state index in [0.29, 0.717) is 56.1 Å². The molecule has 7 aliphatic rings. The van der Waals surface area contributed by atoms with E-state index in [9.17, 15) is 15.0 Å². The number of ether oxygens (including phenoxy) is 2. The number of aliphatic hydroxyl groups is 2. The van der Waals surface area contributed by atoms with Crippen LogP contribution in [-0.2, 0) is 24.1 Å². The molecule has 9 atom stereocenters. The quantitative estimate of drug-likeness (QED) is 0.122. The first-order valence-electron chi connectivity index (χ1n) is 22.5. The summed E-state index contributed by atoms with van der Waals surface area (Å²) in [6.07, 6.45) is 22.4. The van der Waals surface area contributed by atoms with Crippen molar-refractivity contribution in [3.8, 4) is 35.4 Å². The topological polar surface area (TPSA) is 131 Å². The van der Waals surface area contributed by atoms with Gasteiger partial charge in [0.2, 0.25) is 0 Å². The number of hydrogen-bond donors (Lipinski definition) is 4. The fourth-order valence-corrected chi connectivity index (χ4v) is 10.8. The predicted octanol–water partition coefficient (Wildman–Crippen LogP) is 6.58. The highest BCUT2D eigenvalue weighted by Gasteiger charge is 2.51. The lowest BCUT2D eigenvalue weighted by Crippen LogP contribution is -3.12. The Hall–Kier alpha value is -4.77. The largest absolute Gasteiger partial charge is 0.437 e. The van der Waals surface area contributed by atoms with Gasteiger partial charge < -0.3 is 25.4 Å². The Kier molecular flexibility index (Phi) is 11.7. The number of aryl methyl sites for hydroxylation is 1. The zero-order valence-electron chi connectivity index (χ0n) is 35.1. The molecular weight excluding hydrogens is 749 g/mol. The minimum absolute atomic E-state index is 0.0177. The van der Waals surface area contributed by atoms with E-state index in [4.69, 9.17) is 20.2 Å². The number of carbonyl (C=O) groups is 1. The first-order valence-corrected chi connectivity index (χ1v) is 22.5. The number of aliphatic imine (C=N–C) groups is 2. The monoisotopic (exact) mass is 807 g/mol. The molecule has 1 unspecified atom stereocenters. The van der Waals surface area contributed by atoms with Gasteiger partial charge in [0.05, 0.1) is 11.5 Å². The molecule has 0 saturated heterocycles. The first kappa shape index (κ1) is 40.6. The molecule has 1 saturated carbocycles. The molecular formula is C51H59N4O5+. The summed E-state index contributed by atoms with van der Waals surface area (Å²) in [5, 5.41) is 23.6. The van der Waals surface area contributed by atoms with Crippen molar-refractivity contribution in [1.29, 1.82) is 0 Å². The Morgan fingerprint density at radius 2 is 1.92 bits per heavy atom. The van der Waals surface area contributed by atoms with Crippen LogP contribution in [0.5, 0.6) is 11.5 Å². The molecule has 9 nitrogen and oxygen atoms in total. The molecule has 0 radical (unpaired) electrons. The third-order valence-corrected chi connectivity index (χ3v) is 14.3. The fraction of sp³-hybridized carbons (Fsp3) is 0.510. The SMILES string of the molecule is CCCCC[C@H](C(=O)CCc1ccc2c(c1)O[C@@H]1[C@H](C#C[C@H](O)c3ccc4c(c3CC3=C5C[NH+]1C=C5N=C3)CC=N[C@@H]4N)C1(C#CO2)CCCC1)[C@H](O)[C@@H]1C=C[C@H](C)CC1. The molecule has 5 heterocycles. The summed E-state index contributed by atoms with van der Waals surface area (Å²) in [7, 11) is 0. The highest BCUT2D eigenvalue weighted by Crippen LogP contribution is 2.47. The maximum atomic E-state index is 14.0. The molecule has 60 heavy (non-hydrogen) atoms. The fourth-order valence-electron chi connectivity index (χ4n) is 10.8. The van der Waals surface area contributed by atoms with Crippen LogP contribution < -0.4 is 20.1 Å². The molecule has 5 aliphatic heterocycles. The zero-order chi connectivity index (χ0) is 41.4. The minimum atomic E-state index is -1.03. The van der Waals surface area contributed by atoms with Crippen LogP contribution in [0.2, 0.25) is 0 Å². The zero-order valence-corrected chi connectivity index (χ0v) is 35.1. The number of carbonyl (C=O) groups excluding carboxylic acids is 1. The molecule has 2 aliphatic carbocycles. The van der Waals surface area contributed by atoms with Crippen LogP contribution in [-0.4, -0.2) is 47.3 Å². The average Bonchev–Trinajstić information content (AvgIpc) is 4.00. The van der Waals surface area contributed by atoms with Gasteiger partial charge in [0.1, 0.15) is 48.5 Å². The molecule has 2 aromatic carbocycles. The molecule has 0 amide bonds. The van der Waals surface area contributed by atoms with Gasteiger partial charge in [-0.05, 0) is 90.0 Å². The van der Waals surface area contributed by atoms with E-state index in [1.165, 1.54) is 5.57 Å². The number of fused-ring (bicyclic) bond motifs is 8.